The monoisotopic (exact) mass is 370 g/mol. The van der Waals surface area contributed by atoms with E-state index in [1.54, 1.807) is 18.5 Å². The van der Waals surface area contributed by atoms with Gasteiger partial charge in [0.1, 0.15) is 0 Å². The van der Waals surface area contributed by atoms with Gasteiger partial charge in [-0.2, -0.15) is 5.10 Å². The molecule has 4 rings (SSSR count). The zero-order valence-corrected chi connectivity index (χ0v) is 15.0. The molecule has 134 valence electrons. The van der Waals surface area contributed by atoms with Crippen LogP contribution in [0, 0.1) is 0 Å². The van der Waals surface area contributed by atoms with Crippen LogP contribution in [-0.2, 0) is 11.3 Å². The summed E-state index contributed by atoms with van der Waals surface area (Å²) in [6.07, 6.45) is 3.88. The molecule has 0 N–H and O–H groups in total. The van der Waals surface area contributed by atoms with Crippen LogP contribution in [0.2, 0.25) is 5.15 Å². The topological polar surface area (TPSA) is 67.2 Å². The van der Waals surface area contributed by atoms with Gasteiger partial charge in [-0.05, 0) is 18.2 Å². The van der Waals surface area contributed by atoms with E-state index in [4.69, 9.17) is 11.6 Å². The summed E-state index contributed by atoms with van der Waals surface area (Å²) in [5.41, 5.74) is 0.955. The standard InChI is InChI=1S/C18H19ClN6O/c19-17-14-4-1-2-5-15(14)25(22-17)9-6-16(26)23-10-12-24(13-11-23)18-20-7-3-8-21-18/h1-5,7-8H,6,9-13H2. The fourth-order valence-electron chi connectivity index (χ4n) is 3.23. The third-order valence-corrected chi connectivity index (χ3v) is 4.90. The number of piperazine rings is 1. The van der Waals surface area contributed by atoms with Crippen molar-refractivity contribution in [1.82, 2.24) is 24.6 Å². The number of para-hydroxylation sites is 1. The van der Waals surface area contributed by atoms with E-state index in [9.17, 15) is 4.79 Å². The first-order chi connectivity index (χ1) is 12.7. The van der Waals surface area contributed by atoms with E-state index in [2.05, 4.69) is 20.0 Å². The molecule has 0 radical (unpaired) electrons. The SMILES string of the molecule is O=C(CCn1nc(Cl)c2ccccc21)N1CCN(c2ncccn2)CC1. The van der Waals surface area contributed by atoms with Crippen LogP contribution >= 0.6 is 11.6 Å². The van der Waals surface area contributed by atoms with E-state index >= 15 is 0 Å². The second kappa shape index (κ2) is 7.29. The molecule has 0 aliphatic carbocycles. The fraction of sp³-hybridized carbons (Fsp3) is 0.333. The van der Waals surface area contributed by atoms with Crippen molar-refractivity contribution < 1.29 is 4.79 Å². The highest BCUT2D eigenvalue weighted by molar-refractivity contribution is 6.34. The minimum absolute atomic E-state index is 0.134. The lowest BCUT2D eigenvalue weighted by atomic mass is 10.2. The summed E-state index contributed by atoms with van der Waals surface area (Å²) in [6, 6.07) is 9.59. The maximum atomic E-state index is 12.6. The number of hydrogen-bond donors (Lipinski definition) is 0. The van der Waals surface area contributed by atoms with Gasteiger partial charge in [0.2, 0.25) is 11.9 Å². The molecule has 1 amide bonds. The molecule has 26 heavy (non-hydrogen) atoms. The van der Waals surface area contributed by atoms with Crippen molar-refractivity contribution in [2.75, 3.05) is 31.1 Å². The van der Waals surface area contributed by atoms with Gasteiger partial charge in [0.05, 0.1) is 12.1 Å². The zero-order chi connectivity index (χ0) is 17.9. The van der Waals surface area contributed by atoms with Crippen LogP contribution in [0.15, 0.2) is 42.7 Å². The number of halogens is 1. The Labute approximate surface area is 156 Å². The van der Waals surface area contributed by atoms with Gasteiger partial charge >= 0.3 is 0 Å². The molecule has 0 saturated carbocycles. The number of carbonyl (C=O) groups is 1. The van der Waals surface area contributed by atoms with Gasteiger partial charge in [-0.3, -0.25) is 9.48 Å². The summed E-state index contributed by atoms with van der Waals surface area (Å²) in [5, 5.41) is 5.74. The lowest BCUT2D eigenvalue weighted by molar-refractivity contribution is -0.131. The molecule has 0 atom stereocenters. The molecule has 3 aromatic rings. The number of anilines is 1. The van der Waals surface area contributed by atoms with E-state index in [0.29, 0.717) is 31.2 Å². The zero-order valence-electron chi connectivity index (χ0n) is 14.3. The van der Waals surface area contributed by atoms with Gasteiger partial charge in [-0.25, -0.2) is 9.97 Å². The van der Waals surface area contributed by atoms with Gasteiger partial charge in [0.15, 0.2) is 5.15 Å². The number of benzene rings is 1. The molecule has 1 aromatic carbocycles. The third-order valence-electron chi connectivity index (χ3n) is 4.62. The summed E-state index contributed by atoms with van der Waals surface area (Å²) in [5.74, 6) is 0.853. The Morgan fingerprint density at radius 1 is 1.04 bits per heavy atom. The van der Waals surface area contributed by atoms with Gasteiger partial charge in [0, 0.05) is 50.4 Å². The summed E-state index contributed by atoms with van der Waals surface area (Å²) >= 11 is 6.17. The third kappa shape index (κ3) is 3.35. The molecule has 7 nitrogen and oxygen atoms in total. The minimum atomic E-state index is 0.134. The summed E-state index contributed by atoms with van der Waals surface area (Å²) in [7, 11) is 0. The number of aryl methyl sites for hydroxylation is 1. The second-order valence-corrected chi connectivity index (χ2v) is 6.56. The van der Waals surface area contributed by atoms with Crippen molar-refractivity contribution in [2.24, 2.45) is 0 Å². The fourth-order valence-corrected chi connectivity index (χ4v) is 3.48. The van der Waals surface area contributed by atoms with E-state index in [0.717, 1.165) is 29.9 Å². The lowest BCUT2D eigenvalue weighted by Gasteiger charge is -2.34. The molecule has 8 heteroatoms. The Morgan fingerprint density at radius 2 is 1.77 bits per heavy atom. The molecule has 1 aliphatic heterocycles. The van der Waals surface area contributed by atoms with Crippen LogP contribution in [-0.4, -0.2) is 56.7 Å². The number of carbonyl (C=O) groups excluding carboxylic acids is 1. The Morgan fingerprint density at radius 3 is 2.54 bits per heavy atom. The molecule has 0 bridgehead atoms. The largest absolute Gasteiger partial charge is 0.339 e. The predicted octanol–water partition coefficient (Wildman–Crippen LogP) is 2.22. The Hall–Kier alpha value is -2.67. The van der Waals surface area contributed by atoms with E-state index in [1.165, 1.54) is 0 Å². The molecule has 1 fully saturated rings. The van der Waals surface area contributed by atoms with Crippen molar-refractivity contribution in [2.45, 2.75) is 13.0 Å². The highest BCUT2D eigenvalue weighted by Crippen LogP contribution is 2.22. The average molecular weight is 371 g/mol. The Balaban J connectivity index is 1.34. The van der Waals surface area contributed by atoms with Crippen LogP contribution in [0.1, 0.15) is 6.42 Å². The molecule has 1 saturated heterocycles. The Kier molecular flexibility index (Phi) is 4.71. The number of hydrogen-bond acceptors (Lipinski definition) is 5. The number of rotatable bonds is 4. The molecule has 2 aromatic heterocycles. The highest BCUT2D eigenvalue weighted by Gasteiger charge is 2.22. The minimum Gasteiger partial charge on any atom is -0.339 e. The molecule has 0 unspecified atom stereocenters. The summed E-state index contributed by atoms with van der Waals surface area (Å²) in [4.78, 5) is 25.1. The number of nitrogens with zero attached hydrogens (tertiary/aromatic N) is 6. The van der Waals surface area contributed by atoms with Crippen molar-refractivity contribution in [3.63, 3.8) is 0 Å². The van der Waals surface area contributed by atoms with Gasteiger partial charge in [0.25, 0.3) is 0 Å². The van der Waals surface area contributed by atoms with Crippen LogP contribution in [0.5, 0.6) is 0 Å². The molecular formula is C18H19ClN6O. The first kappa shape index (κ1) is 16.8. The average Bonchev–Trinajstić information content (AvgIpc) is 3.03. The van der Waals surface area contributed by atoms with Crippen LogP contribution in [0.4, 0.5) is 5.95 Å². The maximum Gasteiger partial charge on any atom is 0.225 e. The predicted molar refractivity (Wildman–Crippen MR) is 100 cm³/mol. The van der Waals surface area contributed by atoms with E-state index < -0.39 is 0 Å². The van der Waals surface area contributed by atoms with Gasteiger partial charge < -0.3 is 9.80 Å². The smallest absolute Gasteiger partial charge is 0.225 e. The van der Waals surface area contributed by atoms with Crippen LogP contribution in [0.25, 0.3) is 10.9 Å². The van der Waals surface area contributed by atoms with E-state index in [1.807, 2.05) is 33.8 Å². The summed E-state index contributed by atoms with van der Waals surface area (Å²) in [6.45, 7) is 3.36. The van der Waals surface area contributed by atoms with Crippen molar-refractivity contribution in [1.29, 1.82) is 0 Å². The van der Waals surface area contributed by atoms with Crippen molar-refractivity contribution in [3.8, 4) is 0 Å². The van der Waals surface area contributed by atoms with Crippen molar-refractivity contribution >= 4 is 34.4 Å². The van der Waals surface area contributed by atoms with Gasteiger partial charge in [-0.15, -0.1) is 0 Å². The van der Waals surface area contributed by atoms with E-state index in [-0.39, 0.29) is 5.91 Å². The number of amides is 1. The van der Waals surface area contributed by atoms with Crippen LogP contribution < -0.4 is 4.90 Å². The molecule has 0 spiro atoms. The number of aromatic nitrogens is 4. The lowest BCUT2D eigenvalue weighted by Crippen LogP contribution is -2.49. The Bertz CT molecular complexity index is 904. The summed E-state index contributed by atoms with van der Waals surface area (Å²) < 4.78 is 1.81. The van der Waals surface area contributed by atoms with Crippen LogP contribution in [0.3, 0.4) is 0 Å². The first-order valence-corrected chi connectivity index (χ1v) is 9.01. The maximum absolute atomic E-state index is 12.6. The molecule has 1 aliphatic rings. The first-order valence-electron chi connectivity index (χ1n) is 8.63. The van der Waals surface area contributed by atoms with Crippen molar-refractivity contribution in [3.05, 3.63) is 47.9 Å². The van der Waals surface area contributed by atoms with Gasteiger partial charge in [-0.1, -0.05) is 23.7 Å². The number of fused-ring (bicyclic) bond motifs is 1. The molecular weight excluding hydrogens is 352 g/mol. The second-order valence-electron chi connectivity index (χ2n) is 6.20. The quantitative estimate of drug-likeness (QED) is 0.704. The normalized spacial score (nSPS) is 14.8. The highest BCUT2D eigenvalue weighted by atomic mass is 35.5. The molecule has 3 heterocycles.